The monoisotopic (exact) mass is 501 g/mol. The first-order valence-electron chi connectivity index (χ1n) is 11.3. The van der Waals surface area contributed by atoms with Gasteiger partial charge in [-0.2, -0.15) is 4.37 Å². The van der Waals surface area contributed by atoms with Crippen LogP contribution in [0.2, 0.25) is 0 Å². The lowest BCUT2D eigenvalue weighted by molar-refractivity contribution is 0.00268. The molecule has 0 aliphatic carbocycles. The van der Waals surface area contributed by atoms with Gasteiger partial charge in [-0.05, 0) is 35.9 Å². The fourth-order valence-electron chi connectivity index (χ4n) is 5.52. The van der Waals surface area contributed by atoms with Gasteiger partial charge in [-0.25, -0.2) is 17.8 Å². The Morgan fingerprint density at radius 3 is 2.82 bits per heavy atom. The molecule has 3 aliphatic heterocycles. The lowest BCUT2D eigenvalue weighted by atomic mass is 9.75. The summed E-state index contributed by atoms with van der Waals surface area (Å²) in [4.78, 5) is 8.92. The van der Waals surface area contributed by atoms with Crippen molar-refractivity contribution < 1.29 is 17.5 Å². The first-order chi connectivity index (χ1) is 16.4. The van der Waals surface area contributed by atoms with Gasteiger partial charge >= 0.3 is 0 Å². The molecule has 1 N–H and O–H groups in total. The number of fused-ring (bicyclic) bond motifs is 8. The topological polar surface area (TPSA) is 87.7 Å². The van der Waals surface area contributed by atoms with Crippen molar-refractivity contribution in [3.05, 3.63) is 65.2 Å². The molecule has 178 valence electrons. The van der Waals surface area contributed by atoms with E-state index in [1.54, 1.807) is 24.3 Å². The van der Waals surface area contributed by atoms with E-state index in [1.165, 1.54) is 6.33 Å². The van der Waals surface area contributed by atoms with Gasteiger partial charge in [-0.3, -0.25) is 9.62 Å². The smallest absolute Gasteiger partial charge is 0.263 e. The van der Waals surface area contributed by atoms with Crippen molar-refractivity contribution in [2.24, 2.45) is 0 Å². The van der Waals surface area contributed by atoms with Crippen LogP contribution in [0.4, 0.5) is 9.52 Å². The molecule has 3 unspecified atom stereocenters. The maximum atomic E-state index is 14.3. The van der Waals surface area contributed by atoms with E-state index in [2.05, 4.69) is 30.8 Å². The molecule has 1 fully saturated rings. The van der Waals surface area contributed by atoms with Crippen molar-refractivity contribution in [3.63, 3.8) is 0 Å². The number of nitrogens with one attached hydrogen (secondary N) is 1. The van der Waals surface area contributed by atoms with E-state index in [0.717, 1.165) is 54.4 Å². The number of aromatic nitrogens is 2. The highest BCUT2D eigenvalue weighted by atomic mass is 32.2. The Kier molecular flexibility index (Phi) is 5.32. The maximum Gasteiger partial charge on any atom is 0.263 e. The molecule has 0 bridgehead atoms. The minimum absolute atomic E-state index is 0.00469. The summed E-state index contributed by atoms with van der Waals surface area (Å²) in [6, 6.07) is 10.3. The predicted octanol–water partition coefficient (Wildman–Crippen LogP) is 3.39. The van der Waals surface area contributed by atoms with Crippen LogP contribution in [0, 0.1) is 5.82 Å². The Labute approximate surface area is 201 Å². The second kappa shape index (κ2) is 8.26. The second-order valence-corrected chi connectivity index (χ2v) is 11.3. The van der Waals surface area contributed by atoms with E-state index in [4.69, 9.17) is 4.74 Å². The molecule has 0 saturated carbocycles. The quantitative estimate of drug-likeness (QED) is 0.586. The molecule has 11 heteroatoms. The summed E-state index contributed by atoms with van der Waals surface area (Å²) in [7, 11) is -3.83. The molecule has 1 aromatic heterocycles. The van der Waals surface area contributed by atoms with E-state index < -0.39 is 10.0 Å². The van der Waals surface area contributed by atoms with Crippen LogP contribution in [0.5, 0.6) is 5.75 Å². The van der Waals surface area contributed by atoms with Crippen molar-refractivity contribution in [1.29, 1.82) is 0 Å². The highest BCUT2D eigenvalue weighted by molar-refractivity contribution is 7.93. The van der Waals surface area contributed by atoms with Crippen LogP contribution in [0.15, 0.2) is 47.6 Å². The Morgan fingerprint density at radius 2 is 2.03 bits per heavy atom. The number of nitrogens with zero attached hydrogens (tertiary/aromatic N) is 4. The van der Waals surface area contributed by atoms with Crippen LogP contribution in [0.25, 0.3) is 0 Å². The Morgan fingerprint density at radius 1 is 1.18 bits per heavy atom. The highest BCUT2D eigenvalue weighted by Gasteiger charge is 2.47. The van der Waals surface area contributed by atoms with Crippen LogP contribution >= 0.6 is 11.5 Å². The fraction of sp³-hybridized carbons (Fsp3) is 0.391. The molecule has 3 aromatic rings. The summed E-state index contributed by atoms with van der Waals surface area (Å²) in [5.41, 5.74) is 3.09. The summed E-state index contributed by atoms with van der Waals surface area (Å²) >= 11 is 0.973. The molecule has 2 aromatic carbocycles. The molecule has 3 aliphatic rings. The zero-order chi connectivity index (χ0) is 23.4. The van der Waals surface area contributed by atoms with Gasteiger partial charge in [0, 0.05) is 60.8 Å². The largest absolute Gasteiger partial charge is 0.492 e. The van der Waals surface area contributed by atoms with Crippen molar-refractivity contribution in [2.45, 2.75) is 29.8 Å². The third-order valence-corrected chi connectivity index (χ3v) is 9.16. The first-order valence-corrected chi connectivity index (χ1v) is 13.5. The molecule has 0 spiro atoms. The summed E-state index contributed by atoms with van der Waals surface area (Å²) in [6.07, 6.45) is 1.30. The van der Waals surface area contributed by atoms with E-state index >= 15 is 0 Å². The summed E-state index contributed by atoms with van der Waals surface area (Å²) in [6.45, 7) is 6.22. The van der Waals surface area contributed by atoms with Crippen LogP contribution in [0.3, 0.4) is 0 Å². The summed E-state index contributed by atoms with van der Waals surface area (Å²) in [5, 5.41) is 0.209. The number of ether oxygens (including phenoxy) is 1. The predicted molar refractivity (Wildman–Crippen MR) is 126 cm³/mol. The third kappa shape index (κ3) is 3.58. The number of hydrogen-bond acceptors (Lipinski definition) is 8. The Hall–Kier alpha value is -2.60. The van der Waals surface area contributed by atoms with E-state index in [-0.39, 0.29) is 33.8 Å². The lowest BCUT2D eigenvalue weighted by Gasteiger charge is -2.53. The minimum Gasteiger partial charge on any atom is -0.492 e. The van der Waals surface area contributed by atoms with Crippen LogP contribution in [-0.4, -0.2) is 60.4 Å². The normalized spacial score (nSPS) is 24.4. The van der Waals surface area contributed by atoms with E-state index in [0.29, 0.717) is 12.4 Å². The standard InChI is InChI=1S/C23H24FN5O3S2/c1-2-28-7-8-29-20(11-28)16-5-3-14(24)9-18(16)19-12-32-21-10-15(4-6-17(21)22(19)29)34(30,31)27-23-25-13-26-33-23/h3-6,9-10,13,19-20,22H,2,7-8,11-12H2,1H3,(H,25,26,27). The van der Waals surface area contributed by atoms with Crippen molar-refractivity contribution in [3.8, 4) is 5.75 Å². The van der Waals surface area contributed by atoms with Gasteiger partial charge in [-0.1, -0.05) is 19.1 Å². The van der Waals surface area contributed by atoms with Crippen molar-refractivity contribution in [2.75, 3.05) is 37.5 Å². The highest BCUT2D eigenvalue weighted by Crippen LogP contribution is 2.53. The van der Waals surface area contributed by atoms with Gasteiger partial charge in [0.2, 0.25) is 5.13 Å². The number of halogens is 1. The van der Waals surface area contributed by atoms with Crippen LogP contribution in [0.1, 0.15) is 41.6 Å². The van der Waals surface area contributed by atoms with Gasteiger partial charge in [-0.15, -0.1) is 0 Å². The number of piperazine rings is 1. The number of rotatable bonds is 4. The molecule has 0 amide bonds. The molecule has 34 heavy (non-hydrogen) atoms. The molecule has 4 heterocycles. The number of benzene rings is 2. The fourth-order valence-corrected chi connectivity index (χ4v) is 7.20. The number of hydrogen-bond donors (Lipinski definition) is 1. The molecule has 1 saturated heterocycles. The number of sulfonamides is 1. The molecular formula is C23H24FN5O3S2. The number of anilines is 1. The minimum atomic E-state index is -3.83. The zero-order valence-electron chi connectivity index (χ0n) is 18.5. The Bertz CT molecular complexity index is 1330. The average Bonchev–Trinajstić information content (AvgIpc) is 3.35. The lowest BCUT2D eigenvalue weighted by Crippen LogP contribution is -2.54. The van der Waals surface area contributed by atoms with Crippen molar-refractivity contribution in [1.82, 2.24) is 19.2 Å². The van der Waals surface area contributed by atoms with E-state index in [9.17, 15) is 12.8 Å². The van der Waals surface area contributed by atoms with Gasteiger partial charge in [0.25, 0.3) is 10.0 Å². The van der Waals surface area contributed by atoms with Crippen LogP contribution < -0.4 is 9.46 Å². The zero-order valence-corrected chi connectivity index (χ0v) is 20.2. The van der Waals surface area contributed by atoms with Crippen molar-refractivity contribution >= 4 is 26.7 Å². The summed E-state index contributed by atoms with van der Waals surface area (Å²) in [5.74, 6) is 0.284. The second-order valence-electron chi connectivity index (χ2n) is 8.83. The van der Waals surface area contributed by atoms with Gasteiger partial charge in [0.1, 0.15) is 17.9 Å². The molecule has 3 atom stereocenters. The van der Waals surface area contributed by atoms with E-state index in [1.807, 2.05) is 12.1 Å². The van der Waals surface area contributed by atoms with Crippen LogP contribution in [-0.2, 0) is 10.0 Å². The number of likely N-dealkylation sites (N-methyl/N-ethyl adjacent to an activating group) is 1. The average molecular weight is 502 g/mol. The first kappa shape index (κ1) is 21.9. The third-order valence-electron chi connectivity index (χ3n) is 7.11. The molecule has 6 rings (SSSR count). The van der Waals surface area contributed by atoms with Gasteiger partial charge < -0.3 is 9.64 Å². The molecular weight excluding hydrogens is 477 g/mol. The summed E-state index contributed by atoms with van der Waals surface area (Å²) < 4.78 is 52.5. The van der Waals surface area contributed by atoms with Gasteiger partial charge in [0.05, 0.1) is 11.5 Å². The molecule has 0 radical (unpaired) electrons. The van der Waals surface area contributed by atoms with Gasteiger partial charge in [0.15, 0.2) is 0 Å². The molecule has 8 nitrogen and oxygen atoms in total. The maximum absolute atomic E-state index is 14.3. The Balaban J connectivity index is 1.40. The SMILES string of the molecule is CCN1CCN2C(C1)c1ccc(F)cc1C1COc3cc(S(=O)(=O)Nc4ncns4)ccc3C12.